The van der Waals surface area contributed by atoms with Gasteiger partial charge in [0.25, 0.3) is 5.91 Å². The van der Waals surface area contributed by atoms with Crippen molar-refractivity contribution < 1.29 is 4.79 Å². The lowest BCUT2D eigenvalue weighted by molar-refractivity contribution is 0.0827. The Morgan fingerprint density at radius 2 is 1.50 bits per heavy atom. The number of nitrogens with one attached hydrogen (secondary N) is 2. The third-order valence-corrected chi connectivity index (χ3v) is 4.34. The van der Waals surface area contributed by atoms with E-state index in [9.17, 15) is 4.79 Å². The normalized spacial score (nSPS) is 11.4. The zero-order valence-electron chi connectivity index (χ0n) is 17.5. The van der Waals surface area contributed by atoms with Gasteiger partial charge < -0.3 is 20.4 Å². The van der Waals surface area contributed by atoms with Gasteiger partial charge in [0, 0.05) is 46.3 Å². The molecule has 0 unspecified atom stereocenters. The second-order valence-electron chi connectivity index (χ2n) is 7.18. The molecule has 0 bridgehead atoms. The fraction of sp³-hybridized carbons (Fsp3) is 0.364. The highest BCUT2D eigenvalue weighted by molar-refractivity contribution is 5.93. The first kappa shape index (κ1) is 21.4. The van der Waals surface area contributed by atoms with E-state index in [1.54, 1.807) is 26.0 Å². The van der Waals surface area contributed by atoms with Crippen molar-refractivity contribution in [3.63, 3.8) is 0 Å². The fourth-order valence-corrected chi connectivity index (χ4v) is 2.83. The first-order chi connectivity index (χ1) is 13.4. The Hall–Kier alpha value is -2.86. The number of carbonyl (C=O) groups excluding carboxylic acids is 1. The third kappa shape index (κ3) is 6.39. The number of hydrogen-bond donors (Lipinski definition) is 2. The van der Waals surface area contributed by atoms with Crippen LogP contribution in [0.2, 0.25) is 0 Å². The predicted octanol–water partition coefficient (Wildman–Crippen LogP) is 2.32. The Morgan fingerprint density at radius 1 is 0.893 bits per heavy atom. The van der Waals surface area contributed by atoms with Crippen LogP contribution < -0.4 is 10.6 Å². The smallest absolute Gasteiger partial charge is 0.253 e. The molecule has 1 amide bonds. The van der Waals surface area contributed by atoms with Gasteiger partial charge in [0.05, 0.1) is 0 Å². The number of carbonyl (C=O) groups is 1. The monoisotopic (exact) mass is 381 g/mol. The summed E-state index contributed by atoms with van der Waals surface area (Å²) in [6, 6.07) is 16.1. The van der Waals surface area contributed by atoms with Gasteiger partial charge in [0.1, 0.15) is 0 Å². The molecule has 0 aromatic heterocycles. The van der Waals surface area contributed by atoms with Crippen LogP contribution in [-0.4, -0.2) is 56.9 Å². The van der Waals surface area contributed by atoms with Gasteiger partial charge in [-0.25, -0.2) is 0 Å². The molecule has 2 rings (SSSR count). The largest absolute Gasteiger partial charge is 0.352 e. The SMILES string of the molecule is CN=C(NCc1ccc(C(=O)N(C)C)cc1)NCc1ccccc1CN(C)C. The molecule has 2 aromatic rings. The summed E-state index contributed by atoms with van der Waals surface area (Å²) in [6.45, 7) is 2.25. The van der Waals surface area contributed by atoms with Gasteiger partial charge in [-0.15, -0.1) is 0 Å². The van der Waals surface area contributed by atoms with E-state index in [-0.39, 0.29) is 5.91 Å². The summed E-state index contributed by atoms with van der Waals surface area (Å²) in [4.78, 5) is 20.0. The molecule has 28 heavy (non-hydrogen) atoms. The zero-order chi connectivity index (χ0) is 20.5. The van der Waals surface area contributed by atoms with E-state index in [0.717, 1.165) is 18.1 Å². The van der Waals surface area contributed by atoms with E-state index in [0.29, 0.717) is 18.7 Å². The van der Waals surface area contributed by atoms with E-state index in [1.807, 2.05) is 24.3 Å². The van der Waals surface area contributed by atoms with Crippen molar-refractivity contribution in [1.82, 2.24) is 20.4 Å². The topological polar surface area (TPSA) is 60.0 Å². The van der Waals surface area contributed by atoms with Gasteiger partial charge in [0.15, 0.2) is 5.96 Å². The highest BCUT2D eigenvalue weighted by atomic mass is 16.2. The van der Waals surface area contributed by atoms with Crippen LogP contribution in [0.15, 0.2) is 53.5 Å². The maximum Gasteiger partial charge on any atom is 0.253 e. The van der Waals surface area contributed by atoms with E-state index in [2.05, 4.69) is 58.9 Å². The molecule has 0 saturated carbocycles. The molecule has 0 aliphatic carbocycles. The summed E-state index contributed by atoms with van der Waals surface area (Å²) < 4.78 is 0. The lowest BCUT2D eigenvalue weighted by atomic mass is 10.1. The van der Waals surface area contributed by atoms with Gasteiger partial charge in [-0.3, -0.25) is 9.79 Å². The van der Waals surface area contributed by atoms with Crippen molar-refractivity contribution in [3.8, 4) is 0 Å². The van der Waals surface area contributed by atoms with Crippen molar-refractivity contribution in [2.45, 2.75) is 19.6 Å². The van der Waals surface area contributed by atoms with Crippen molar-refractivity contribution in [2.75, 3.05) is 35.2 Å². The lowest BCUT2D eigenvalue weighted by Gasteiger charge is -2.16. The van der Waals surface area contributed by atoms with Gasteiger partial charge in [-0.1, -0.05) is 36.4 Å². The first-order valence-corrected chi connectivity index (χ1v) is 9.37. The number of aliphatic imine (C=N–C) groups is 1. The third-order valence-electron chi connectivity index (χ3n) is 4.34. The van der Waals surface area contributed by atoms with Gasteiger partial charge in [-0.2, -0.15) is 0 Å². The maximum absolute atomic E-state index is 12.0. The predicted molar refractivity (Wildman–Crippen MR) is 115 cm³/mol. The van der Waals surface area contributed by atoms with E-state index in [1.165, 1.54) is 11.1 Å². The molecule has 0 radical (unpaired) electrons. The number of rotatable bonds is 7. The Bertz CT molecular complexity index is 797. The summed E-state index contributed by atoms with van der Waals surface area (Å²) in [5, 5.41) is 6.69. The molecule has 2 N–H and O–H groups in total. The molecule has 0 saturated heterocycles. The zero-order valence-corrected chi connectivity index (χ0v) is 17.5. The minimum absolute atomic E-state index is 0.00775. The van der Waals surface area contributed by atoms with E-state index >= 15 is 0 Å². The summed E-state index contributed by atoms with van der Waals surface area (Å²) in [5.41, 5.74) is 4.34. The quantitative estimate of drug-likeness (QED) is 0.571. The van der Waals surface area contributed by atoms with Crippen LogP contribution in [-0.2, 0) is 19.6 Å². The highest BCUT2D eigenvalue weighted by Gasteiger charge is 2.08. The van der Waals surface area contributed by atoms with E-state index in [4.69, 9.17) is 0 Å². The molecular formula is C22H31N5O. The minimum atomic E-state index is 0.00775. The fourth-order valence-electron chi connectivity index (χ4n) is 2.83. The number of guanidine groups is 1. The molecule has 6 heteroatoms. The molecular weight excluding hydrogens is 350 g/mol. The van der Waals surface area contributed by atoms with Crippen LogP contribution in [0, 0.1) is 0 Å². The molecule has 2 aromatic carbocycles. The standard InChI is InChI=1S/C22H31N5O/c1-23-22(25-15-19-8-6-7-9-20(19)16-26(2)3)24-14-17-10-12-18(13-11-17)21(28)27(4)5/h6-13H,14-16H2,1-5H3,(H2,23,24,25). The molecule has 0 spiro atoms. The van der Waals surface area contributed by atoms with Crippen molar-refractivity contribution in [1.29, 1.82) is 0 Å². The van der Waals surface area contributed by atoms with Gasteiger partial charge in [0.2, 0.25) is 0 Å². The van der Waals surface area contributed by atoms with Crippen LogP contribution in [0.4, 0.5) is 0 Å². The Morgan fingerprint density at radius 3 is 2.07 bits per heavy atom. The van der Waals surface area contributed by atoms with Gasteiger partial charge in [-0.05, 0) is 42.9 Å². The average molecular weight is 382 g/mol. The highest BCUT2D eigenvalue weighted by Crippen LogP contribution is 2.10. The number of amides is 1. The molecule has 0 fully saturated rings. The van der Waals surface area contributed by atoms with Gasteiger partial charge >= 0.3 is 0 Å². The molecule has 0 atom stereocenters. The Balaban J connectivity index is 1.91. The molecule has 150 valence electrons. The molecule has 6 nitrogen and oxygen atoms in total. The van der Waals surface area contributed by atoms with Crippen LogP contribution in [0.1, 0.15) is 27.0 Å². The molecule has 0 aliphatic heterocycles. The lowest BCUT2D eigenvalue weighted by Crippen LogP contribution is -2.36. The maximum atomic E-state index is 12.0. The van der Waals surface area contributed by atoms with Crippen LogP contribution in [0.25, 0.3) is 0 Å². The Kier molecular flexibility index (Phi) is 8.02. The molecule has 0 aliphatic rings. The van der Waals surface area contributed by atoms with Crippen molar-refractivity contribution in [3.05, 3.63) is 70.8 Å². The van der Waals surface area contributed by atoms with Crippen LogP contribution in [0.3, 0.4) is 0 Å². The van der Waals surface area contributed by atoms with Crippen LogP contribution in [0.5, 0.6) is 0 Å². The summed E-state index contributed by atoms with van der Waals surface area (Å²) >= 11 is 0. The minimum Gasteiger partial charge on any atom is -0.352 e. The van der Waals surface area contributed by atoms with Crippen LogP contribution >= 0.6 is 0 Å². The molecule has 0 heterocycles. The van der Waals surface area contributed by atoms with E-state index < -0.39 is 0 Å². The Labute approximate surface area is 168 Å². The van der Waals surface area contributed by atoms with Crippen molar-refractivity contribution in [2.24, 2.45) is 4.99 Å². The number of benzene rings is 2. The van der Waals surface area contributed by atoms with Crippen molar-refractivity contribution >= 4 is 11.9 Å². The second kappa shape index (κ2) is 10.5. The average Bonchev–Trinajstić information content (AvgIpc) is 2.68. The summed E-state index contributed by atoms with van der Waals surface area (Å²) in [5.74, 6) is 0.751. The second-order valence-corrected chi connectivity index (χ2v) is 7.18. The first-order valence-electron chi connectivity index (χ1n) is 9.37. The number of hydrogen-bond acceptors (Lipinski definition) is 3. The summed E-state index contributed by atoms with van der Waals surface area (Å²) in [6.07, 6.45) is 0. The number of nitrogens with zero attached hydrogens (tertiary/aromatic N) is 3. The summed E-state index contributed by atoms with van der Waals surface area (Å²) in [7, 11) is 9.42.